The number of amides is 1. The number of carbonyl (C=O) groups excluding carboxylic acids is 1. The van der Waals surface area contributed by atoms with Crippen LogP contribution in [0.1, 0.15) is 12.5 Å². The van der Waals surface area contributed by atoms with Gasteiger partial charge in [0.25, 0.3) is 5.91 Å². The lowest BCUT2D eigenvalue weighted by Crippen LogP contribution is -2.20. The molecule has 1 heterocycles. The highest BCUT2D eigenvalue weighted by atomic mass is 127. The van der Waals surface area contributed by atoms with Gasteiger partial charge in [0.15, 0.2) is 11.0 Å². The lowest BCUT2D eigenvalue weighted by Gasteiger charge is -2.11. The fourth-order valence-corrected chi connectivity index (χ4v) is 5.88. The second kappa shape index (κ2) is 12.5. The summed E-state index contributed by atoms with van der Waals surface area (Å²) in [5, 5.41) is 23.5. The van der Waals surface area contributed by atoms with Crippen LogP contribution in [0.2, 0.25) is 0 Å². The third-order valence-electron chi connectivity index (χ3n) is 4.85. The van der Waals surface area contributed by atoms with Crippen molar-refractivity contribution >= 4 is 69.1 Å². The normalized spacial score (nSPS) is 11.1. The number of phenolic OH excluding ortho intramolecular Hbond substituents is 1. The van der Waals surface area contributed by atoms with E-state index >= 15 is 0 Å². The van der Waals surface area contributed by atoms with Gasteiger partial charge in [0.2, 0.25) is 0 Å². The number of hydrogen-bond acceptors (Lipinski definition) is 7. The van der Waals surface area contributed by atoms with Gasteiger partial charge in [0.1, 0.15) is 11.5 Å². The number of nitrogens with one attached hydrogen (secondary N) is 1. The molecule has 1 amide bonds. The summed E-state index contributed by atoms with van der Waals surface area (Å²) in [5.41, 5.74) is 4.80. The van der Waals surface area contributed by atoms with Crippen LogP contribution < -0.4 is 10.2 Å². The first-order valence-corrected chi connectivity index (χ1v) is 14.0. The summed E-state index contributed by atoms with van der Waals surface area (Å²) in [6.45, 7) is 2.53. The molecule has 0 atom stereocenters. The predicted molar refractivity (Wildman–Crippen MR) is 158 cm³/mol. The molecule has 0 saturated carbocycles. The van der Waals surface area contributed by atoms with Crippen molar-refractivity contribution in [3.8, 4) is 28.6 Å². The van der Waals surface area contributed by atoms with Crippen LogP contribution in [0.15, 0.2) is 77.0 Å². The molecule has 36 heavy (non-hydrogen) atoms. The van der Waals surface area contributed by atoms with Crippen LogP contribution in [-0.2, 0) is 4.79 Å². The van der Waals surface area contributed by atoms with E-state index in [0.717, 1.165) is 20.6 Å². The van der Waals surface area contributed by atoms with Crippen molar-refractivity contribution < 1.29 is 14.6 Å². The molecule has 0 fully saturated rings. The maximum Gasteiger partial charge on any atom is 0.250 e. The minimum atomic E-state index is -0.307. The summed E-state index contributed by atoms with van der Waals surface area (Å²) >= 11 is 5.47. The van der Waals surface area contributed by atoms with Crippen LogP contribution >= 0.6 is 56.9 Å². The Morgan fingerprint density at radius 3 is 2.61 bits per heavy atom. The Bertz CT molecular complexity index is 1380. The number of hydrazone groups is 1. The topological polar surface area (TPSA) is 102 Å². The fourth-order valence-electron chi connectivity index (χ4n) is 3.25. The van der Waals surface area contributed by atoms with E-state index in [2.05, 4.69) is 65.9 Å². The number of thioether (sulfide) groups is 1. The quantitative estimate of drug-likeness (QED) is 0.103. The van der Waals surface area contributed by atoms with Crippen molar-refractivity contribution in [2.45, 2.75) is 12.1 Å². The predicted octanol–water partition coefficient (Wildman–Crippen LogP) is 5.49. The molecular formula is C25H21I2N5O3S. The summed E-state index contributed by atoms with van der Waals surface area (Å²) in [6.07, 6.45) is 1.43. The molecule has 4 aromatic rings. The van der Waals surface area contributed by atoms with E-state index in [1.54, 1.807) is 6.07 Å². The standard InChI is InChI=1S/C25H21I2N5O3S/c1-2-35-20-10-8-19(9-11-20)32-24(16-6-4-3-5-7-16)30-31-25(32)36-15-22(33)29-28-14-17-12-18(26)13-21(27)23(17)34/h3-14,34H,2,15H2,1H3,(H,29,33)/b28-14+. The van der Waals surface area contributed by atoms with E-state index in [-0.39, 0.29) is 17.4 Å². The molecule has 4 rings (SSSR count). The van der Waals surface area contributed by atoms with Crippen LogP contribution in [0.5, 0.6) is 11.5 Å². The molecule has 0 saturated heterocycles. The van der Waals surface area contributed by atoms with Crippen molar-refractivity contribution in [2.75, 3.05) is 12.4 Å². The van der Waals surface area contributed by atoms with E-state index < -0.39 is 0 Å². The Morgan fingerprint density at radius 2 is 1.89 bits per heavy atom. The number of rotatable bonds is 9. The van der Waals surface area contributed by atoms with Gasteiger partial charge >= 0.3 is 0 Å². The number of hydrogen-bond donors (Lipinski definition) is 2. The number of ether oxygens (including phenoxy) is 1. The summed E-state index contributed by atoms with van der Waals surface area (Å²) in [7, 11) is 0. The van der Waals surface area contributed by atoms with Crippen molar-refractivity contribution in [1.82, 2.24) is 20.2 Å². The van der Waals surface area contributed by atoms with Crippen molar-refractivity contribution in [2.24, 2.45) is 5.10 Å². The molecule has 1 aromatic heterocycles. The number of halogens is 2. The fraction of sp³-hybridized carbons (Fsp3) is 0.120. The Kier molecular flexibility index (Phi) is 9.20. The van der Waals surface area contributed by atoms with E-state index in [1.807, 2.05) is 72.2 Å². The van der Waals surface area contributed by atoms with Crippen LogP contribution in [0, 0.1) is 7.14 Å². The Hall–Kier alpha value is -2.65. The second-order valence-electron chi connectivity index (χ2n) is 7.34. The van der Waals surface area contributed by atoms with Crippen LogP contribution in [0.3, 0.4) is 0 Å². The molecule has 3 aromatic carbocycles. The van der Waals surface area contributed by atoms with Crippen molar-refractivity contribution in [3.05, 3.63) is 79.4 Å². The van der Waals surface area contributed by atoms with Gasteiger partial charge in [-0.2, -0.15) is 5.10 Å². The van der Waals surface area contributed by atoms with Gasteiger partial charge in [-0.25, -0.2) is 5.43 Å². The third-order valence-corrected chi connectivity index (χ3v) is 7.23. The first-order chi connectivity index (χ1) is 17.5. The SMILES string of the molecule is CCOc1ccc(-n2c(SCC(=O)N/N=C/c3cc(I)cc(I)c3O)nnc2-c2ccccc2)cc1. The smallest absolute Gasteiger partial charge is 0.250 e. The van der Waals surface area contributed by atoms with E-state index in [9.17, 15) is 9.90 Å². The minimum absolute atomic E-state index is 0.0805. The highest BCUT2D eigenvalue weighted by Crippen LogP contribution is 2.29. The molecule has 0 spiro atoms. The van der Waals surface area contributed by atoms with Gasteiger partial charge in [-0.05, 0) is 88.5 Å². The van der Waals surface area contributed by atoms with E-state index in [4.69, 9.17) is 4.74 Å². The van der Waals surface area contributed by atoms with Gasteiger partial charge in [-0.1, -0.05) is 42.1 Å². The van der Waals surface area contributed by atoms with Crippen LogP contribution in [-0.4, -0.2) is 44.4 Å². The molecule has 2 N–H and O–H groups in total. The highest BCUT2D eigenvalue weighted by molar-refractivity contribution is 14.1. The van der Waals surface area contributed by atoms with Crippen molar-refractivity contribution in [1.29, 1.82) is 0 Å². The molecule has 0 aliphatic rings. The highest BCUT2D eigenvalue weighted by Gasteiger charge is 2.17. The van der Waals surface area contributed by atoms with Crippen LogP contribution in [0.25, 0.3) is 17.1 Å². The van der Waals surface area contributed by atoms with E-state index in [1.165, 1.54) is 18.0 Å². The largest absolute Gasteiger partial charge is 0.506 e. The van der Waals surface area contributed by atoms with Crippen molar-refractivity contribution in [3.63, 3.8) is 0 Å². The number of aromatic nitrogens is 3. The average Bonchev–Trinajstić information content (AvgIpc) is 3.31. The second-order valence-corrected chi connectivity index (χ2v) is 10.7. The minimum Gasteiger partial charge on any atom is -0.506 e. The first-order valence-electron chi connectivity index (χ1n) is 10.8. The first kappa shape index (κ1) is 26.4. The molecule has 0 unspecified atom stereocenters. The summed E-state index contributed by atoms with van der Waals surface area (Å²) in [4.78, 5) is 12.5. The average molecular weight is 725 g/mol. The summed E-state index contributed by atoms with van der Waals surface area (Å²) < 4.78 is 9.15. The van der Waals surface area contributed by atoms with Gasteiger partial charge < -0.3 is 9.84 Å². The van der Waals surface area contributed by atoms with Gasteiger partial charge in [-0.3, -0.25) is 9.36 Å². The zero-order chi connectivity index (χ0) is 25.5. The zero-order valence-electron chi connectivity index (χ0n) is 19.1. The molecule has 11 heteroatoms. The Labute approximate surface area is 239 Å². The van der Waals surface area contributed by atoms with E-state index in [0.29, 0.717) is 26.7 Å². The maximum absolute atomic E-state index is 12.5. The number of carbonyl (C=O) groups is 1. The Morgan fingerprint density at radius 1 is 1.14 bits per heavy atom. The molecule has 0 bridgehead atoms. The molecule has 0 aliphatic heterocycles. The van der Waals surface area contributed by atoms with Crippen LogP contribution in [0.4, 0.5) is 0 Å². The number of benzene rings is 3. The molecule has 0 aliphatic carbocycles. The molecule has 0 radical (unpaired) electrons. The maximum atomic E-state index is 12.5. The Balaban J connectivity index is 1.51. The molecule has 184 valence electrons. The lowest BCUT2D eigenvalue weighted by atomic mass is 10.2. The monoisotopic (exact) mass is 725 g/mol. The van der Waals surface area contributed by atoms with Gasteiger partial charge in [0, 0.05) is 20.4 Å². The lowest BCUT2D eigenvalue weighted by molar-refractivity contribution is -0.118. The third kappa shape index (κ3) is 6.56. The molecule has 8 nitrogen and oxygen atoms in total. The summed E-state index contributed by atoms with van der Waals surface area (Å²) in [5.74, 6) is 1.34. The zero-order valence-corrected chi connectivity index (χ0v) is 24.2. The van der Waals surface area contributed by atoms with Gasteiger partial charge in [-0.15, -0.1) is 10.2 Å². The number of phenols is 1. The summed E-state index contributed by atoms with van der Waals surface area (Å²) in [6, 6.07) is 21.1. The number of nitrogens with zero attached hydrogens (tertiary/aromatic N) is 4. The molecular weight excluding hydrogens is 704 g/mol. The number of aromatic hydroxyl groups is 1. The van der Waals surface area contributed by atoms with Gasteiger partial charge in [0.05, 0.1) is 22.1 Å².